The molecule has 9 heteroatoms. The summed E-state index contributed by atoms with van der Waals surface area (Å²) in [6, 6.07) is 7.28. The Bertz CT molecular complexity index is 609. The van der Waals surface area contributed by atoms with Crippen LogP contribution in [-0.4, -0.2) is 27.6 Å². The fourth-order valence-corrected chi connectivity index (χ4v) is 2.98. The van der Waals surface area contributed by atoms with Crippen LogP contribution in [-0.2, 0) is 4.79 Å². The van der Waals surface area contributed by atoms with Gasteiger partial charge < -0.3 is 20.7 Å². The average molecular weight is 469 g/mol. The third kappa shape index (κ3) is 10.6. The Balaban J connectivity index is 2.53. The highest BCUT2D eigenvalue weighted by Gasteiger charge is 2.34. The number of ether oxygens (including phenoxy) is 1. The van der Waals surface area contributed by atoms with Gasteiger partial charge in [-0.05, 0) is 49.8 Å². The molecule has 0 spiro atoms. The zero-order chi connectivity index (χ0) is 21.0. The lowest BCUT2D eigenvalue weighted by atomic mass is 10.1. The first-order valence-electron chi connectivity index (χ1n) is 9.42. The smallest absolute Gasteiger partial charge is 0.228 e. The molecule has 0 fully saturated rings. The lowest BCUT2D eigenvalue weighted by Crippen LogP contribution is -2.56. The molecule has 1 amide bonds. The lowest BCUT2D eigenvalue weighted by molar-refractivity contribution is -0.122. The van der Waals surface area contributed by atoms with Crippen molar-refractivity contribution in [3.63, 3.8) is 0 Å². The summed E-state index contributed by atoms with van der Waals surface area (Å²) in [5.74, 6) is 0.571. The van der Waals surface area contributed by atoms with Gasteiger partial charge in [-0.15, -0.1) is 0 Å². The van der Waals surface area contributed by atoms with Gasteiger partial charge in [0.05, 0.1) is 6.61 Å². The highest BCUT2D eigenvalue weighted by Crippen LogP contribution is 2.29. The van der Waals surface area contributed by atoms with E-state index < -0.39 is 9.96 Å². The maximum absolute atomic E-state index is 12.2. The Kier molecular flexibility index (Phi) is 11.9. The van der Waals surface area contributed by atoms with Crippen LogP contribution in [0.2, 0.25) is 0 Å². The minimum atomic E-state index is -1.76. The van der Waals surface area contributed by atoms with E-state index in [1.807, 2.05) is 31.2 Å². The molecule has 1 atom stereocenters. The molecule has 0 radical (unpaired) electrons. The number of thiocarbonyl (C=S) groups is 1. The van der Waals surface area contributed by atoms with Crippen LogP contribution in [0.15, 0.2) is 24.3 Å². The van der Waals surface area contributed by atoms with Gasteiger partial charge in [0.1, 0.15) is 11.9 Å². The second-order valence-electron chi connectivity index (χ2n) is 6.26. The van der Waals surface area contributed by atoms with E-state index in [2.05, 4.69) is 22.9 Å². The molecule has 0 aromatic heterocycles. The second kappa shape index (κ2) is 13.3. The summed E-state index contributed by atoms with van der Waals surface area (Å²) < 4.78 is 3.64. The third-order valence-corrected chi connectivity index (χ3v) is 4.71. The van der Waals surface area contributed by atoms with Gasteiger partial charge in [-0.1, -0.05) is 67.4 Å². The Morgan fingerprint density at radius 2 is 1.71 bits per heavy atom. The number of hydrogen-bond acceptors (Lipinski definition) is 3. The van der Waals surface area contributed by atoms with Crippen molar-refractivity contribution in [1.29, 1.82) is 0 Å². The molecule has 0 aliphatic heterocycles. The van der Waals surface area contributed by atoms with Crippen LogP contribution in [0.1, 0.15) is 52.4 Å². The van der Waals surface area contributed by atoms with Crippen molar-refractivity contribution in [3.05, 3.63) is 24.3 Å². The lowest BCUT2D eigenvalue weighted by Gasteiger charge is -2.27. The molecule has 5 nitrogen and oxygen atoms in total. The van der Waals surface area contributed by atoms with Crippen LogP contribution in [0.25, 0.3) is 0 Å². The first kappa shape index (κ1) is 25.1. The molecular formula is C19H28Cl3N3O2S. The van der Waals surface area contributed by atoms with Gasteiger partial charge in [0.25, 0.3) is 0 Å². The molecule has 3 N–H and O–H groups in total. The van der Waals surface area contributed by atoms with Crippen molar-refractivity contribution >= 4 is 63.7 Å². The van der Waals surface area contributed by atoms with Gasteiger partial charge in [0, 0.05) is 12.1 Å². The molecule has 1 rings (SSSR count). The molecule has 0 bridgehead atoms. The van der Waals surface area contributed by atoms with Gasteiger partial charge in [-0.2, -0.15) is 0 Å². The number of unbranched alkanes of at least 4 members (excludes halogenated alkanes) is 4. The van der Waals surface area contributed by atoms with E-state index in [0.717, 1.165) is 37.1 Å². The quantitative estimate of drug-likeness (QED) is 0.172. The largest absolute Gasteiger partial charge is 0.494 e. The number of anilines is 1. The SMILES string of the molecule is CCCCCCCC(=O)N[C@@H](NC(=S)Nc1ccc(OCC)cc1)C(Cl)(Cl)Cl. The topological polar surface area (TPSA) is 62.4 Å². The Morgan fingerprint density at radius 3 is 2.29 bits per heavy atom. The summed E-state index contributed by atoms with van der Waals surface area (Å²) in [5.41, 5.74) is 0.742. The number of alkyl halides is 3. The Labute approximate surface area is 187 Å². The molecule has 0 aliphatic rings. The fraction of sp³-hybridized carbons (Fsp3) is 0.579. The number of rotatable bonds is 11. The van der Waals surface area contributed by atoms with E-state index >= 15 is 0 Å². The first-order valence-corrected chi connectivity index (χ1v) is 11.0. The molecular weight excluding hydrogens is 441 g/mol. The Morgan fingerprint density at radius 1 is 1.07 bits per heavy atom. The minimum absolute atomic E-state index is 0.191. The van der Waals surface area contributed by atoms with Crippen LogP contribution in [0.5, 0.6) is 5.75 Å². The zero-order valence-electron chi connectivity index (χ0n) is 16.2. The van der Waals surface area contributed by atoms with Crippen molar-refractivity contribution in [1.82, 2.24) is 10.6 Å². The molecule has 0 saturated carbocycles. The van der Waals surface area contributed by atoms with E-state index in [4.69, 9.17) is 51.8 Å². The summed E-state index contributed by atoms with van der Waals surface area (Å²) in [5, 5.41) is 8.76. The molecule has 1 aromatic rings. The van der Waals surface area contributed by atoms with Crippen molar-refractivity contribution in [2.75, 3.05) is 11.9 Å². The molecule has 0 heterocycles. The Hall–Kier alpha value is -0.950. The molecule has 1 aromatic carbocycles. The normalized spacial score (nSPS) is 12.2. The zero-order valence-corrected chi connectivity index (χ0v) is 19.3. The predicted octanol–water partition coefficient (Wildman–Crippen LogP) is 5.54. The highest BCUT2D eigenvalue weighted by atomic mass is 35.6. The summed E-state index contributed by atoms with van der Waals surface area (Å²) in [4.78, 5) is 12.2. The summed E-state index contributed by atoms with van der Waals surface area (Å²) in [6.07, 6.45) is 4.67. The molecule has 28 heavy (non-hydrogen) atoms. The van der Waals surface area contributed by atoms with Crippen molar-refractivity contribution in [2.45, 2.75) is 62.3 Å². The van der Waals surface area contributed by atoms with Crippen LogP contribution in [0, 0.1) is 0 Å². The van der Waals surface area contributed by atoms with Gasteiger partial charge in [0.2, 0.25) is 9.70 Å². The van der Waals surface area contributed by atoms with E-state index in [1.54, 1.807) is 0 Å². The summed E-state index contributed by atoms with van der Waals surface area (Å²) in [7, 11) is 0. The molecule has 158 valence electrons. The van der Waals surface area contributed by atoms with E-state index in [9.17, 15) is 4.79 Å². The molecule has 0 saturated heterocycles. The number of halogens is 3. The van der Waals surface area contributed by atoms with Crippen molar-refractivity contribution in [3.8, 4) is 5.75 Å². The first-order chi connectivity index (χ1) is 13.3. The maximum atomic E-state index is 12.2. The van der Waals surface area contributed by atoms with Gasteiger partial charge in [-0.3, -0.25) is 4.79 Å². The average Bonchev–Trinajstić information content (AvgIpc) is 2.62. The third-order valence-electron chi connectivity index (χ3n) is 3.84. The van der Waals surface area contributed by atoms with E-state index in [1.165, 1.54) is 6.42 Å². The second-order valence-corrected chi connectivity index (χ2v) is 9.04. The highest BCUT2D eigenvalue weighted by molar-refractivity contribution is 7.80. The van der Waals surface area contributed by atoms with Crippen molar-refractivity contribution < 1.29 is 9.53 Å². The summed E-state index contributed by atoms with van der Waals surface area (Å²) >= 11 is 23.3. The fourth-order valence-electron chi connectivity index (χ4n) is 2.42. The molecule has 0 aliphatic carbocycles. The van der Waals surface area contributed by atoms with Gasteiger partial charge in [0.15, 0.2) is 5.11 Å². The van der Waals surface area contributed by atoms with Crippen LogP contribution in [0.4, 0.5) is 5.69 Å². The number of carbonyl (C=O) groups excluding carboxylic acids is 1. The predicted molar refractivity (Wildman–Crippen MR) is 123 cm³/mol. The number of nitrogens with one attached hydrogen (secondary N) is 3. The van der Waals surface area contributed by atoms with Crippen molar-refractivity contribution in [2.24, 2.45) is 0 Å². The molecule has 0 unspecified atom stereocenters. The summed E-state index contributed by atoms with van der Waals surface area (Å²) in [6.45, 7) is 4.66. The number of carbonyl (C=O) groups is 1. The van der Waals surface area contributed by atoms with Crippen LogP contribution < -0.4 is 20.7 Å². The standard InChI is InChI=1S/C19H28Cl3N3O2S/c1-3-5-6-7-8-9-16(26)24-17(19(20,21)22)25-18(28)23-14-10-12-15(13-11-14)27-4-2/h10-13,17H,3-9H2,1-2H3,(H,24,26)(H2,23,25,28)/t17-/m0/s1. The van der Waals surface area contributed by atoms with E-state index in [-0.39, 0.29) is 11.0 Å². The van der Waals surface area contributed by atoms with Crippen LogP contribution >= 0.6 is 47.0 Å². The minimum Gasteiger partial charge on any atom is -0.494 e. The van der Waals surface area contributed by atoms with Gasteiger partial charge in [-0.25, -0.2) is 0 Å². The van der Waals surface area contributed by atoms with E-state index in [0.29, 0.717) is 13.0 Å². The monoisotopic (exact) mass is 467 g/mol. The van der Waals surface area contributed by atoms with Crippen LogP contribution in [0.3, 0.4) is 0 Å². The number of benzene rings is 1. The maximum Gasteiger partial charge on any atom is 0.228 e. The number of amides is 1. The van der Waals surface area contributed by atoms with Gasteiger partial charge >= 0.3 is 0 Å². The number of hydrogen-bond donors (Lipinski definition) is 3.